The van der Waals surface area contributed by atoms with E-state index in [1.165, 1.54) is 5.57 Å². The van der Waals surface area contributed by atoms with Gasteiger partial charge in [-0.25, -0.2) is 4.79 Å². The van der Waals surface area contributed by atoms with Crippen LogP contribution in [0.3, 0.4) is 0 Å². The summed E-state index contributed by atoms with van der Waals surface area (Å²) in [6.45, 7) is 39.4. The number of amides is 2. The molecule has 7 nitrogen and oxygen atoms in total. The Bertz CT molecular complexity index is 1410. The Morgan fingerprint density at radius 1 is 0.811 bits per heavy atom. The highest BCUT2D eigenvalue weighted by atomic mass is 28.4. The number of nitrogens with zero attached hydrogens (tertiary/aromatic N) is 1. The number of nitrogens with two attached hydrogens (primary N) is 1. The fourth-order valence-electron chi connectivity index (χ4n) is 6.32. The largest absolute Gasteiger partial charge is 0.445 e. The van der Waals surface area contributed by atoms with Gasteiger partial charge in [0, 0.05) is 30.5 Å². The maximum Gasteiger partial charge on any atom is 0.404 e. The average molecular weight is 769 g/mol. The van der Waals surface area contributed by atoms with Crippen LogP contribution in [0.25, 0.3) is 0 Å². The van der Waals surface area contributed by atoms with Gasteiger partial charge in [-0.2, -0.15) is 0 Å². The van der Waals surface area contributed by atoms with Gasteiger partial charge in [0.2, 0.25) is 5.91 Å². The first-order chi connectivity index (χ1) is 24.2. The highest BCUT2D eigenvalue weighted by Crippen LogP contribution is 2.42. The number of allylic oxidation sites excluding steroid dienone is 3. The average Bonchev–Trinajstić information content (AvgIpc) is 3.04. The summed E-state index contributed by atoms with van der Waals surface area (Å²) in [5, 5.41) is 0.0186. The number of para-hydroxylation sites is 1. The number of primary amides is 1. The summed E-state index contributed by atoms with van der Waals surface area (Å²) in [5.41, 5.74) is 7.72. The van der Waals surface area contributed by atoms with Crippen LogP contribution in [-0.2, 0) is 18.4 Å². The molecule has 8 atom stereocenters. The molecule has 4 unspecified atom stereocenters. The molecular weight excluding hydrogens is 693 g/mol. The Labute approximate surface area is 326 Å². The number of benzene rings is 1. The molecule has 0 aromatic heterocycles. The van der Waals surface area contributed by atoms with E-state index in [1.54, 1.807) is 24.1 Å². The topological polar surface area (TPSA) is 91.1 Å². The van der Waals surface area contributed by atoms with Crippen molar-refractivity contribution in [2.24, 2.45) is 35.3 Å². The third-order valence-electron chi connectivity index (χ3n) is 11.6. The van der Waals surface area contributed by atoms with E-state index in [4.69, 9.17) is 19.3 Å². The van der Waals surface area contributed by atoms with Crippen molar-refractivity contribution in [3.05, 3.63) is 78.9 Å². The maximum absolute atomic E-state index is 13.2. The molecule has 1 aromatic carbocycles. The van der Waals surface area contributed by atoms with E-state index in [0.717, 1.165) is 12.1 Å². The van der Waals surface area contributed by atoms with Gasteiger partial charge >= 0.3 is 6.09 Å². The highest BCUT2D eigenvalue weighted by Gasteiger charge is 2.44. The second-order valence-corrected chi connectivity index (χ2v) is 27.9. The Kier molecular flexibility index (Phi) is 18.5. The molecule has 0 heterocycles. The zero-order valence-electron chi connectivity index (χ0n) is 36.4. The molecule has 0 fully saturated rings. The molecule has 1 rings (SSSR count). The molecule has 0 radical (unpaired) electrons. The van der Waals surface area contributed by atoms with E-state index in [0.29, 0.717) is 0 Å². The summed E-state index contributed by atoms with van der Waals surface area (Å²) in [7, 11) is -2.60. The number of carbonyl (C=O) groups excluding carboxylic acids is 2. The minimum Gasteiger partial charge on any atom is -0.445 e. The summed E-state index contributed by atoms with van der Waals surface area (Å²) in [4.78, 5) is 27.0. The van der Waals surface area contributed by atoms with Crippen molar-refractivity contribution in [2.75, 3.05) is 11.9 Å². The van der Waals surface area contributed by atoms with Gasteiger partial charge in [-0.05, 0) is 79.7 Å². The minimum absolute atomic E-state index is 0.00621. The summed E-state index contributed by atoms with van der Waals surface area (Å²) >= 11 is 0. The van der Waals surface area contributed by atoms with E-state index >= 15 is 0 Å². The lowest BCUT2D eigenvalue weighted by atomic mass is 9.81. The Balaban J connectivity index is 3.55. The number of hydrogen-bond acceptors (Lipinski definition) is 5. The quantitative estimate of drug-likeness (QED) is 0.0655. The predicted molar refractivity (Wildman–Crippen MR) is 231 cm³/mol. The van der Waals surface area contributed by atoms with Crippen LogP contribution in [0, 0.1) is 29.6 Å². The SMILES string of the molecule is C=CC=C[C@H](C)C(OC(N)=O)C(C)C(O[Si](C)(C)C(C)(C)C)C(C)CC(C)=C[C@H](C)[C@@H](O[Si](C)(C)C(C)(C)C)[C@@H](C)C=CC(=O)N(C)c1ccccc1. The molecule has 0 bridgehead atoms. The molecule has 2 N–H and O–H groups in total. The van der Waals surface area contributed by atoms with Gasteiger partial charge in [0.15, 0.2) is 16.6 Å². The highest BCUT2D eigenvalue weighted by molar-refractivity contribution is 6.74. The third kappa shape index (κ3) is 14.8. The van der Waals surface area contributed by atoms with Crippen molar-refractivity contribution in [1.82, 2.24) is 0 Å². The molecule has 0 spiro atoms. The lowest BCUT2D eigenvalue weighted by molar-refractivity contribution is -0.113. The smallest absolute Gasteiger partial charge is 0.404 e. The van der Waals surface area contributed by atoms with Crippen LogP contribution >= 0.6 is 0 Å². The Morgan fingerprint density at radius 3 is 1.77 bits per heavy atom. The van der Waals surface area contributed by atoms with E-state index < -0.39 is 28.8 Å². The zero-order chi connectivity index (χ0) is 41.1. The molecule has 0 aliphatic rings. The normalized spacial score (nSPS) is 18.2. The van der Waals surface area contributed by atoms with Crippen LogP contribution < -0.4 is 10.6 Å². The second-order valence-electron chi connectivity index (χ2n) is 18.4. The number of rotatable bonds is 19. The van der Waals surface area contributed by atoms with E-state index in [1.807, 2.05) is 55.5 Å². The lowest BCUT2D eigenvalue weighted by Crippen LogP contribution is -2.50. The van der Waals surface area contributed by atoms with Crippen molar-refractivity contribution >= 4 is 34.3 Å². The zero-order valence-corrected chi connectivity index (χ0v) is 38.4. The molecule has 300 valence electrons. The molecule has 0 aliphatic carbocycles. The van der Waals surface area contributed by atoms with Crippen molar-refractivity contribution in [3.8, 4) is 0 Å². The Morgan fingerprint density at radius 2 is 1.30 bits per heavy atom. The van der Waals surface area contributed by atoms with Gasteiger partial charge in [0.05, 0.1) is 12.2 Å². The minimum atomic E-state index is -2.23. The maximum atomic E-state index is 13.2. The van der Waals surface area contributed by atoms with Gasteiger partial charge in [0.25, 0.3) is 0 Å². The number of anilines is 1. The number of hydrogen-bond donors (Lipinski definition) is 1. The lowest BCUT2D eigenvalue weighted by Gasteiger charge is -2.45. The molecule has 0 saturated carbocycles. The van der Waals surface area contributed by atoms with Crippen molar-refractivity contribution in [2.45, 2.75) is 144 Å². The van der Waals surface area contributed by atoms with Crippen molar-refractivity contribution in [3.63, 3.8) is 0 Å². The van der Waals surface area contributed by atoms with E-state index in [9.17, 15) is 9.59 Å². The van der Waals surface area contributed by atoms with Crippen LogP contribution in [-0.4, -0.2) is 54.0 Å². The fraction of sp³-hybridized carbons (Fsp3) is 0.636. The summed E-state index contributed by atoms with van der Waals surface area (Å²) < 4.78 is 20.2. The molecule has 9 heteroatoms. The third-order valence-corrected chi connectivity index (χ3v) is 20.6. The van der Waals surface area contributed by atoms with E-state index in [-0.39, 0.29) is 57.8 Å². The number of ether oxygens (including phenoxy) is 1. The summed E-state index contributed by atoms with van der Waals surface area (Å²) in [6, 6.07) is 9.68. The monoisotopic (exact) mass is 769 g/mol. The molecule has 1 aromatic rings. The summed E-state index contributed by atoms with van der Waals surface area (Å²) in [6.07, 6.45) is 10.9. The van der Waals surface area contributed by atoms with Crippen LogP contribution in [0.5, 0.6) is 0 Å². The van der Waals surface area contributed by atoms with Crippen LogP contribution in [0.2, 0.25) is 36.3 Å². The van der Waals surface area contributed by atoms with Crippen molar-refractivity contribution in [1.29, 1.82) is 0 Å². The first-order valence-electron chi connectivity index (χ1n) is 19.5. The number of carbonyl (C=O) groups is 2. The molecule has 2 amide bonds. The van der Waals surface area contributed by atoms with Crippen LogP contribution in [0.1, 0.15) is 89.5 Å². The first kappa shape index (κ1) is 48.3. The molecule has 53 heavy (non-hydrogen) atoms. The predicted octanol–water partition coefficient (Wildman–Crippen LogP) is 11.7. The fourth-order valence-corrected chi connectivity index (χ4v) is 9.26. The van der Waals surface area contributed by atoms with Crippen molar-refractivity contribution < 1.29 is 23.2 Å². The van der Waals surface area contributed by atoms with Gasteiger partial charge in [-0.1, -0.05) is 137 Å². The van der Waals surface area contributed by atoms with Gasteiger partial charge in [-0.3, -0.25) is 4.79 Å². The second kappa shape index (κ2) is 20.3. The number of likely N-dealkylation sites (N-methyl/N-ethyl adjacent to an activating group) is 1. The van der Waals surface area contributed by atoms with Crippen LogP contribution in [0.15, 0.2) is 78.9 Å². The van der Waals surface area contributed by atoms with E-state index in [2.05, 4.69) is 115 Å². The summed E-state index contributed by atoms with van der Waals surface area (Å²) in [5.74, 6) is -0.123. The van der Waals surface area contributed by atoms with Crippen LogP contribution in [0.4, 0.5) is 10.5 Å². The molecular formula is C44H76N2O5Si2. The van der Waals surface area contributed by atoms with Gasteiger partial charge in [-0.15, -0.1) is 0 Å². The first-order valence-corrected chi connectivity index (χ1v) is 25.3. The van der Waals surface area contributed by atoms with Gasteiger partial charge < -0.3 is 24.2 Å². The standard InChI is InChI=1S/C44H76N2O5Si2/c1-19-20-24-32(3)40(49-42(45)48)36(7)41(51-53(17,18)44(11,12)13)35(6)30-31(2)29-34(5)39(50-52(15,16)43(8,9)10)33(4)27-28-38(47)46(14)37-25-22-21-23-26-37/h19-29,32-36,39-41H,1,30H2,2-18H3,(H2,45,48)/t32-,33-,34-,35?,36?,39-,40?,41?/m0/s1. The van der Waals surface area contributed by atoms with Gasteiger partial charge in [0.1, 0.15) is 6.10 Å². The Hall–Kier alpha value is -2.73. The molecule has 0 saturated heterocycles. The molecule has 0 aliphatic heterocycles.